The van der Waals surface area contributed by atoms with Crippen molar-refractivity contribution in [1.82, 2.24) is 0 Å². The maximum Gasteiger partial charge on any atom is 0.315 e. The standard InChI is InChI=1S/C5H10O4S/c6-1-4(7)2-9-5(8)3-10/h4,6-7,10H,1-3H2/t4-/m1/s1. The molecule has 0 aliphatic rings. The van der Waals surface area contributed by atoms with Gasteiger partial charge in [0.1, 0.15) is 12.7 Å². The SMILES string of the molecule is O=C(CS)OC[C@H](O)CO. The van der Waals surface area contributed by atoms with Gasteiger partial charge in [0.15, 0.2) is 0 Å². The van der Waals surface area contributed by atoms with Gasteiger partial charge in [0.05, 0.1) is 12.4 Å². The van der Waals surface area contributed by atoms with Gasteiger partial charge in [-0.2, -0.15) is 12.6 Å². The number of carbonyl (C=O) groups is 1. The molecule has 0 bridgehead atoms. The predicted molar refractivity (Wildman–Crippen MR) is 37.9 cm³/mol. The normalized spacial score (nSPS) is 12.7. The van der Waals surface area contributed by atoms with E-state index in [0.29, 0.717) is 0 Å². The summed E-state index contributed by atoms with van der Waals surface area (Å²) in [5.41, 5.74) is 0. The van der Waals surface area contributed by atoms with Gasteiger partial charge in [-0.1, -0.05) is 0 Å². The van der Waals surface area contributed by atoms with Gasteiger partial charge in [0.2, 0.25) is 0 Å². The molecule has 0 amide bonds. The molecule has 0 aromatic rings. The van der Waals surface area contributed by atoms with E-state index < -0.39 is 18.7 Å². The maximum absolute atomic E-state index is 10.3. The first-order valence-electron chi connectivity index (χ1n) is 2.76. The smallest absolute Gasteiger partial charge is 0.315 e. The number of carbonyl (C=O) groups excluding carboxylic acids is 1. The van der Waals surface area contributed by atoms with Crippen molar-refractivity contribution < 1.29 is 19.7 Å². The molecule has 5 heteroatoms. The molecule has 0 aliphatic heterocycles. The van der Waals surface area contributed by atoms with Gasteiger partial charge in [0.25, 0.3) is 0 Å². The number of rotatable bonds is 4. The molecule has 4 nitrogen and oxygen atoms in total. The second-order valence-electron chi connectivity index (χ2n) is 1.68. The van der Waals surface area contributed by atoms with Crippen LogP contribution in [0.25, 0.3) is 0 Å². The van der Waals surface area contributed by atoms with E-state index in [1.807, 2.05) is 0 Å². The molecule has 60 valence electrons. The zero-order valence-corrected chi connectivity index (χ0v) is 6.25. The van der Waals surface area contributed by atoms with E-state index in [0.717, 1.165) is 0 Å². The van der Waals surface area contributed by atoms with Crippen molar-refractivity contribution in [2.45, 2.75) is 6.10 Å². The van der Waals surface area contributed by atoms with E-state index >= 15 is 0 Å². The summed E-state index contributed by atoms with van der Waals surface area (Å²) < 4.78 is 4.42. The van der Waals surface area contributed by atoms with Crippen LogP contribution in [0.5, 0.6) is 0 Å². The van der Waals surface area contributed by atoms with Crippen LogP contribution < -0.4 is 0 Å². The number of esters is 1. The Hall–Kier alpha value is -0.260. The molecule has 10 heavy (non-hydrogen) atoms. The summed E-state index contributed by atoms with van der Waals surface area (Å²) in [4.78, 5) is 10.3. The van der Waals surface area contributed by atoms with E-state index in [4.69, 9.17) is 10.2 Å². The summed E-state index contributed by atoms with van der Waals surface area (Å²) in [6.07, 6.45) is -0.983. The van der Waals surface area contributed by atoms with Gasteiger partial charge in [-0.3, -0.25) is 4.79 Å². The third-order valence-corrected chi connectivity index (χ3v) is 1.03. The average molecular weight is 166 g/mol. The van der Waals surface area contributed by atoms with Crippen molar-refractivity contribution in [2.75, 3.05) is 19.0 Å². The Morgan fingerprint density at radius 3 is 2.70 bits per heavy atom. The van der Waals surface area contributed by atoms with E-state index in [-0.39, 0.29) is 12.4 Å². The Kier molecular flexibility index (Phi) is 5.38. The van der Waals surface area contributed by atoms with Crippen LogP contribution in [0.1, 0.15) is 0 Å². The lowest BCUT2D eigenvalue weighted by Gasteiger charge is -2.06. The minimum Gasteiger partial charge on any atom is -0.462 e. The minimum atomic E-state index is -0.983. The molecule has 0 radical (unpaired) electrons. The molecular weight excluding hydrogens is 156 g/mol. The maximum atomic E-state index is 10.3. The molecule has 0 saturated carbocycles. The van der Waals surface area contributed by atoms with E-state index in [9.17, 15) is 4.79 Å². The predicted octanol–water partition coefficient (Wildman–Crippen LogP) is -1.19. The Bertz CT molecular complexity index is 106. The highest BCUT2D eigenvalue weighted by atomic mass is 32.1. The first kappa shape index (κ1) is 9.74. The topological polar surface area (TPSA) is 66.8 Å². The Labute approximate surface area is 64.2 Å². The van der Waals surface area contributed by atoms with Crippen LogP contribution in [0.3, 0.4) is 0 Å². The number of thiol groups is 1. The van der Waals surface area contributed by atoms with Crippen LogP contribution in [-0.2, 0) is 9.53 Å². The van der Waals surface area contributed by atoms with Crippen molar-refractivity contribution in [2.24, 2.45) is 0 Å². The van der Waals surface area contributed by atoms with Crippen LogP contribution in [0.2, 0.25) is 0 Å². The number of aliphatic hydroxyl groups excluding tert-OH is 2. The van der Waals surface area contributed by atoms with Crippen molar-refractivity contribution in [3.63, 3.8) is 0 Å². The van der Waals surface area contributed by atoms with Crippen LogP contribution in [0, 0.1) is 0 Å². The van der Waals surface area contributed by atoms with Crippen LogP contribution >= 0.6 is 12.6 Å². The van der Waals surface area contributed by atoms with Crippen LogP contribution in [0.4, 0.5) is 0 Å². The van der Waals surface area contributed by atoms with Gasteiger partial charge in [-0.15, -0.1) is 0 Å². The summed E-state index contributed by atoms with van der Waals surface area (Å²) in [6, 6.07) is 0. The molecule has 0 heterocycles. The van der Waals surface area contributed by atoms with Gasteiger partial charge in [-0.25, -0.2) is 0 Å². The average Bonchev–Trinajstić information content (AvgIpc) is 1.99. The second-order valence-corrected chi connectivity index (χ2v) is 1.99. The van der Waals surface area contributed by atoms with Crippen molar-refractivity contribution in [3.05, 3.63) is 0 Å². The zero-order valence-electron chi connectivity index (χ0n) is 5.36. The van der Waals surface area contributed by atoms with E-state index in [2.05, 4.69) is 17.4 Å². The molecular formula is C5H10O4S. The highest BCUT2D eigenvalue weighted by Gasteiger charge is 2.04. The van der Waals surface area contributed by atoms with Gasteiger partial charge in [0, 0.05) is 0 Å². The van der Waals surface area contributed by atoms with Crippen molar-refractivity contribution >= 4 is 18.6 Å². The summed E-state index contributed by atoms with van der Waals surface area (Å²) in [6.45, 7) is -0.574. The molecule has 0 unspecified atom stereocenters. The molecule has 2 N–H and O–H groups in total. The van der Waals surface area contributed by atoms with Gasteiger partial charge >= 0.3 is 5.97 Å². The van der Waals surface area contributed by atoms with E-state index in [1.165, 1.54) is 0 Å². The van der Waals surface area contributed by atoms with E-state index in [1.54, 1.807) is 0 Å². The van der Waals surface area contributed by atoms with Crippen LogP contribution in [0.15, 0.2) is 0 Å². The largest absolute Gasteiger partial charge is 0.462 e. The highest BCUT2D eigenvalue weighted by Crippen LogP contribution is 1.86. The lowest BCUT2D eigenvalue weighted by Crippen LogP contribution is -2.22. The summed E-state index contributed by atoms with van der Waals surface area (Å²) >= 11 is 3.63. The third kappa shape index (κ3) is 4.60. The fourth-order valence-corrected chi connectivity index (χ4v) is 0.379. The number of aliphatic hydroxyl groups is 2. The van der Waals surface area contributed by atoms with Gasteiger partial charge in [-0.05, 0) is 0 Å². The molecule has 0 aromatic heterocycles. The monoisotopic (exact) mass is 166 g/mol. The van der Waals surface area contributed by atoms with Gasteiger partial charge < -0.3 is 14.9 Å². The first-order chi connectivity index (χ1) is 4.70. The summed E-state index contributed by atoms with van der Waals surface area (Å²) in [5, 5.41) is 16.9. The Morgan fingerprint density at radius 2 is 2.30 bits per heavy atom. The van der Waals surface area contributed by atoms with Crippen molar-refractivity contribution in [3.8, 4) is 0 Å². The van der Waals surface area contributed by atoms with Crippen LogP contribution in [-0.4, -0.2) is 41.3 Å². The molecule has 0 aliphatic carbocycles. The lowest BCUT2D eigenvalue weighted by atomic mass is 10.4. The highest BCUT2D eigenvalue weighted by molar-refractivity contribution is 7.81. The van der Waals surface area contributed by atoms with Crippen molar-refractivity contribution in [1.29, 1.82) is 0 Å². The quantitative estimate of drug-likeness (QED) is 0.363. The Morgan fingerprint density at radius 1 is 1.70 bits per heavy atom. The summed E-state index contributed by atoms with van der Waals surface area (Å²) in [5.74, 6) is -0.520. The first-order valence-corrected chi connectivity index (χ1v) is 3.39. The minimum absolute atomic E-state index is 0.0157. The third-order valence-electron chi connectivity index (χ3n) is 0.777. The molecule has 0 fully saturated rings. The lowest BCUT2D eigenvalue weighted by molar-refractivity contribution is -0.144. The second kappa shape index (κ2) is 5.52. The molecule has 1 atom stereocenters. The number of hydrogen-bond donors (Lipinski definition) is 3. The Balaban J connectivity index is 3.26. The zero-order chi connectivity index (χ0) is 7.98. The molecule has 0 aromatic carbocycles. The molecule has 0 rings (SSSR count). The number of ether oxygens (including phenoxy) is 1. The fraction of sp³-hybridized carbons (Fsp3) is 0.800. The molecule has 0 spiro atoms. The molecule has 0 saturated heterocycles. The number of hydrogen-bond acceptors (Lipinski definition) is 5. The fourth-order valence-electron chi connectivity index (χ4n) is 0.287. The summed E-state index contributed by atoms with van der Waals surface area (Å²) in [7, 11) is 0.